The summed E-state index contributed by atoms with van der Waals surface area (Å²) >= 11 is 1.53. The van der Waals surface area contributed by atoms with Crippen LogP contribution in [0.4, 0.5) is 9.59 Å². The first-order chi connectivity index (χ1) is 32.4. The first kappa shape index (κ1) is 54.1. The molecule has 0 aromatic heterocycles. The van der Waals surface area contributed by atoms with E-state index in [1.54, 1.807) is 77.9 Å². The van der Waals surface area contributed by atoms with Gasteiger partial charge in [-0.1, -0.05) is 42.5 Å². The molecule has 0 aliphatic heterocycles. The molecule has 0 spiro atoms. The van der Waals surface area contributed by atoms with Crippen LogP contribution in [-0.4, -0.2) is 114 Å². The summed E-state index contributed by atoms with van der Waals surface area (Å²) < 4.78 is 15.8. The van der Waals surface area contributed by atoms with Gasteiger partial charge in [0.1, 0.15) is 35.1 Å². The number of alkyl carbamates (subject to hydrolysis) is 1. The number of thioether (sulfide) groups is 1. The highest BCUT2D eigenvalue weighted by Crippen LogP contribution is 2.66. The van der Waals surface area contributed by atoms with Crippen LogP contribution in [0.25, 0.3) is 0 Å². The number of carbonyl (C=O) groups excluding carboxylic acids is 7. The van der Waals surface area contributed by atoms with Crippen LogP contribution in [0.5, 0.6) is 5.75 Å². The van der Waals surface area contributed by atoms with Crippen LogP contribution in [0.2, 0.25) is 0 Å². The van der Waals surface area contributed by atoms with Crippen LogP contribution in [0.15, 0.2) is 54.6 Å². The van der Waals surface area contributed by atoms with E-state index < -0.39 is 84.3 Å². The molecule has 6 rings (SSSR count). The molecular weight excluding hydrogens is 909 g/mol. The number of aliphatic carboxylic acids is 1. The Bertz CT molecular complexity index is 2140. The molecule has 0 heterocycles. The molecule has 3 unspecified atom stereocenters. The van der Waals surface area contributed by atoms with Crippen molar-refractivity contribution >= 4 is 59.5 Å². The fourth-order valence-electron chi connectivity index (χ4n) is 10.4. The van der Waals surface area contributed by atoms with Crippen molar-refractivity contribution in [3.8, 4) is 5.75 Å². The third-order valence-electron chi connectivity index (χ3n) is 12.5. The van der Waals surface area contributed by atoms with Crippen LogP contribution in [-0.2, 0) is 51.1 Å². The zero-order valence-electron chi connectivity index (χ0n) is 40.8. The molecule has 4 bridgehead atoms. The molecule has 7 atom stereocenters. The second-order valence-electron chi connectivity index (χ2n) is 21.0. The van der Waals surface area contributed by atoms with Gasteiger partial charge in [-0.3, -0.25) is 28.8 Å². The Balaban J connectivity index is 1.17. The van der Waals surface area contributed by atoms with E-state index in [1.807, 2.05) is 12.3 Å². The monoisotopic (exact) mass is 978 g/mol. The van der Waals surface area contributed by atoms with Crippen molar-refractivity contribution in [1.29, 1.82) is 0 Å². The second kappa shape index (κ2) is 23.6. The lowest BCUT2D eigenvalue weighted by Gasteiger charge is -2.62. The highest BCUT2D eigenvalue weighted by molar-refractivity contribution is 7.98. The summed E-state index contributed by atoms with van der Waals surface area (Å²) in [5.74, 6) is -2.22. The van der Waals surface area contributed by atoms with Gasteiger partial charge in [0.05, 0.1) is 19.5 Å². The Labute approximate surface area is 408 Å². The molecule has 4 aliphatic rings. The van der Waals surface area contributed by atoms with E-state index in [1.165, 1.54) is 23.9 Å². The normalized spacial score (nSPS) is 21.6. The second-order valence-corrected chi connectivity index (χ2v) is 22.0. The number of ether oxygens (including phenoxy) is 3. The van der Waals surface area contributed by atoms with Gasteiger partial charge in [0.25, 0.3) is 0 Å². The lowest BCUT2D eigenvalue weighted by atomic mass is 9.43. The minimum absolute atomic E-state index is 0.0384. The molecule has 18 nitrogen and oxygen atoms in total. The Morgan fingerprint density at radius 1 is 0.667 bits per heavy atom. The lowest BCUT2D eigenvalue weighted by Crippen LogP contribution is -2.58. The summed E-state index contributed by atoms with van der Waals surface area (Å²) in [6.45, 7) is 9.39. The number of benzene rings is 2. The van der Waals surface area contributed by atoms with Crippen molar-refractivity contribution in [1.82, 2.24) is 31.9 Å². The summed E-state index contributed by atoms with van der Waals surface area (Å²) in [6.07, 6.45) is 6.24. The quantitative estimate of drug-likeness (QED) is 0.0619. The van der Waals surface area contributed by atoms with Gasteiger partial charge in [0, 0.05) is 19.4 Å². The Morgan fingerprint density at radius 3 is 1.83 bits per heavy atom. The third kappa shape index (κ3) is 17.6. The summed E-state index contributed by atoms with van der Waals surface area (Å²) in [5.41, 5.74) is -0.750. The largest absolute Gasteiger partial charge is 0.514 e. The molecule has 7 N–H and O–H groups in total. The maximum Gasteiger partial charge on any atom is 0.514 e. The lowest BCUT2D eigenvalue weighted by molar-refractivity contribution is -0.153. The Kier molecular flexibility index (Phi) is 18.5. The summed E-state index contributed by atoms with van der Waals surface area (Å²) in [5, 5.41) is 25.9. The number of hydrogen-bond donors (Lipinski definition) is 7. The maximum atomic E-state index is 14.0. The number of amides is 6. The number of nitrogens with one attached hydrogen (secondary N) is 6. The number of carboxylic acids is 1. The molecular formula is C50H70N6O12S. The van der Waals surface area contributed by atoms with Crippen LogP contribution in [0.1, 0.15) is 104 Å². The molecule has 2 aromatic carbocycles. The average Bonchev–Trinajstić information content (AvgIpc) is 3.23. The van der Waals surface area contributed by atoms with E-state index >= 15 is 0 Å². The fourth-order valence-corrected chi connectivity index (χ4v) is 10.8. The standard InChI is InChI=1S/C50H70N6O12S/c1-47(2,3)67-45(64)56-37(21-32-13-15-35(16-14-32)66-46(65)68-48(4,5)6)43(62)52-27-39(57)51-28-40(58)54-38(20-31-11-9-8-10-12-31)44(63)55-36(17-18-69-7)42(61)53-30-50-24-33-19-34(25-50)23-49(22-33,29-50)26-41(59)60/h8-16,33-34,36-38H,17-30H2,1-7H3,(H,51,57)(H,52,62)(H,53,61)(H,54,58)(H,55,63)(H,56,64)(H,59,60)/t33-,34+,36?,37-,38-,49?,50?/m0/s1. The van der Waals surface area contributed by atoms with Crippen molar-refractivity contribution in [2.45, 2.75) is 135 Å². The molecule has 4 fully saturated rings. The summed E-state index contributed by atoms with van der Waals surface area (Å²) in [6, 6.07) is 12.0. The molecule has 69 heavy (non-hydrogen) atoms. The smallest absolute Gasteiger partial charge is 0.481 e. The predicted molar refractivity (Wildman–Crippen MR) is 258 cm³/mol. The van der Waals surface area contributed by atoms with Crippen molar-refractivity contribution in [3.63, 3.8) is 0 Å². The van der Waals surface area contributed by atoms with Crippen LogP contribution in [0.3, 0.4) is 0 Å². The van der Waals surface area contributed by atoms with Gasteiger partial charge in [-0.15, -0.1) is 0 Å². The van der Waals surface area contributed by atoms with Crippen LogP contribution >= 0.6 is 11.8 Å². The number of carbonyl (C=O) groups is 8. The van der Waals surface area contributed by atoms with Gasteiger partial charge in [-0.2, -0.15) is 11.8 Å². The molecule has 19 heteroatoms. The predicted octanol–water partition coefficient (Wildman–Crippen LogP) is 4.81. The maximum absolute atomic E-state index is 14.0. The van der Waals surface area contributed by atoms with Crippen LogP contribution in [0, 0.1) is 22.7 Å². The highest BCUT2D eigenvalue weighted by atomic mass is 32.2. The zero-order chi connectivity index (χ0) is 50.6. The van der Waals surface area contributed by atoms with Gasteiger partial charge in [-0.05, 0) is 144 Å². The molecule has 378 valence electrons. The van der Waals surface area contributed by atoms with Crippen LogP contribution < -0.4 is 36.6 Å². The molecule has 4 saturated carbocycles. The van der Waals surface area contributed by atoms with E-state index in [-0.39, 0.29) is 41.7 Å². The van der Waals surface area contributed by atoms with E-state index in [2.05, 4.69) is 31.9 Å². The van der Waals surface area contributed by atoms with E-state index in [0.717, 1.165) is 44.1 Å². The first-order valence-corrected chi connectivity index (χ1v) is 25.0. The fraction of sp³-hybridized carbons (Fsp3) is 0.600. The summed E-state index contributed by atoms with van der Waals surface area (Å²) in [4.78, 5) is 104. The van der Waals surface area contributed by atoms with Crippen molar-refractivity contribution in [3.05, 3.63) is 65.7 Å². The van der Waals surface area contributed by atoms with Crippen molar-refractivity contribution in [2.24, 2.45) is 22.7 Å². The average molecular weight is 979 g/mol. The molecule has 2 aromatic rings. The number of hydrogen-bond acceptors (Lipinski definition) is 12. The van der Waals surface area contributed by atoms with Crippen molar-refractivity contribution < 1.29 is 57.7 Å². The SMILES string of the molecule is CSCCC(NC(=O)[C@H](Cc1ccccc1)NC(=O)CNC(=O)CNC(=O)[C@H](Cc1ccc(OC(=O)OC(C)(C)C)cc1)NC(=O)OC(C)(C)C)C(=O)NCC12C[C@H]3C[C@@H](C1)CC(CC(=O)O)(C3)C2. The topological polar surface area (TPSA) is 257 Å². The van der Waals surface area contributed by atoms with Gasteiger partial charge in [0.2, 0.25) is 29.5 Å². The van der Waals surface area contributed by atoms with Crippen molar-refractivity contribution in [2.75, 3.05) is 31.6 Å². The van der Waals surface area contributed by atoms with Gasteiger partial charge in [0.15, 0.2) is 0 Å². The zero-order valence-corrected chi connectivity index (χ0v) is 41.6. The van der Waals surface area contributed by atoms with E-state index in [4.69, 9.17) is 14.2 Å². The number of rotatable bonds is 22. The Morgan fingerprint density at radius 2 is 1.23 bits per heavy atom. The minimum atomic E-state index is -1.21. The molecule has 6 amide bonds. The summed E-state index contributed by atoms with van der Waals surface area (Å²) in [7, 11) is 0. The molecule has 0 saturated heterocycles. The van der Waals surface area contributed by atoms with E-state index in [0.29, 0.717) is 36.1 Å². The first-order valence-electron chi connectivity index (χ1n) is 23.6. The number of carboxylic acid groups (broad SMARTS) is 1. The Hall–Kier alpha value is -5.85. The van der Waals surface area contributed by atoms with Gasteiger partial charge in [-0.25, -0.2) is 9.59 Å². The van der Waals surface area contributed by atoms with E-state index in [9.17, 15) is 43.5 Å². The molecule has 0 radical (unpaired) electrons. The van der Waals surface area contributed by atoms with Gasteiger partial charge >= 0.3 is 18.2 Å². The van der Waals surface area contributed by atoms with Gasteiger partial charge < -0.3 is 51.2 Å². The third-order valence-corrected chi connectivity index (χ3v) is 13.1. The highest BCUT2D eigenvalue weighted by Gasteiger charge is 2.58. The molecule has 4 aliphatic carbocycles. The minimum Gasteiger partial charge on any atom is -0.481 e.